The molecule has 14 heteroatoms. The van der Waals surface area contributed by atoms with Crippen LogP contribution in [-0.2, 0) is 28.5 Å². The van der Waals surface area contributed by atoms with Gasteiger partial charge >= 0.3 is 18.2 Å². The number of alkyl halides is 4. The molecule has 1 heterocycles. The van der Waals surface area contributed by atoms with Gasteiger partial charge in [0, 0.05) is 10.8 Å². The van der Waals surface area contributed by atoms with Crippen molar-refractivity contribution < 1.29 is 38.1 Å². The summed E-state index contributed by atoms with van der Waals surface area (Å²) in [5.41, 5.74) is -1.41. The number of cyclic esters (lactones) is 1. The van der Waals surface area contributed by atoms with Gasteiger partial charge in [-0.15, -0.1) is 0 Å². The zero-order chi connectivity index (χ0) is 27.2. The first-order chi connectivity index (χ1) is 15.8. The van der Waals surface area contributed by atoms with Gasteiger partial charge in [-0.2, -0.15) is 0 Å². The number of hydrogen-bond acceptors (Lipinski definition) is 8. The molecule has 0 bridgehead atoms. The summed E-state index contributed by atoms with van der Waals surface area (Å²) >= 11 is 18.7. The van der Waals surface area contributed by atoms with Gasteiger partial charge in [-0.25, -0.2) is 9.59 Å². The van der Waals surface area contributed by atoms with Gasteiger partial charge < -0.3 is 29.6 Å². The van der Waals surface area contributed by atoms with Crippen LogP contribution in [0.4, 0.5) is 9.59 Å². The van der Waals surface area contributed by atoms with Gasteiger partial charge in [0.1, 0.15) is 31.0 Å². The van der Waals surface area contributed by atoms with Crippen molar-refractivity contribution in [3.63, 3.8) is 0 Å². The van der Waals surface area contributed by atoms with E-state index in [1.807, 2.05) is 0 Å². The van der Waals surface area contributed by atoms with E-state index in [1.54, 1.807) is 41.5 Å². The Morgan fingerprint density at radius 1 is 1.09 bits per heavy atom. The molecule has 1 aliphatic rings. The van der Waals surface area contributed by atoms with Gasteiger partial charge in [-0.05, 0) is 26.2 Å². The molecule has 4 atom stereocenters. The molecule has 0 saturated carbocycles. The molecule has 1 fully saturated rings. The van der Waals surface area contributed by atoms with Crippen LogP contribution >= 0.6 is 57.4 Å². The number of carbonyl (C=O) groups excluding carboxylic acids is 4. The first kappa shape index (κ1) is 32.1. The lowest BCUT2D eigenvalue weighted by Gasteiger charge is -2.33. The fourth-order valence-electron chi connectivity index (χ4n) is 2.93. The normalized spacial score (nSPS) is 20.3. The summed E-state index contributed by atoms with van der Waals surface area (Å²) in [4.78, 5) is 50.1. The smallest absolute Gasteiger partial charge is 0.461 e. The minimum atomic E-state index is -1.80. The fourth-order valence-corrected chi connectivity index (χ4v) is 3.64. The number of esters is 1. The summed E-state index contributed by atoms with van der Waals surface area (Å²) < 4.78 is 19.1. The lowest BCUT2D eigenvalue weighted by atomic mass is 9.86. The average molecular weight is 674 g/mol. The van der Waals surface area contributed by atoms with Crippen LogP contribution in [0.3, 0.4) is 0 Å². The third-order valence-corrected chi connectivity index (χ3v) is 6.02. The molecule has 0 aromatic carbocycles. The number of amides is 2. The van der Waals surface area contributed by atoms with Crippen molar-refractivity contribution in [3.8, 4) is 0 Å². The van der Waals surface area contributed by atoms with Gasteiger partial charge in [0.05, 0.1) is 12.0 Å². The maximum absolute atomic E-state index is 13.3. The number of carbonyl (C=O) groups is 4. The summed E-state index contributed by atoms with van der Waals surface area (Å²) in [6, 6.07) is -2.00. The zero-order valence-electron chi connectivity index (χ0n) is 20.4. The van der Waals surface area contributed by atoms with Gasteiger partial charge in [0.25, 0.3) is 0 Å². The van der Waals surface area contributed by atoms with E-state index in [9.17, 15) is 19.2 Å². The molecule has 0 aromatic rings. The van der Waals surface area contributed by atoms with Crippen molar-refractivity contribution in [3.05, 3.63) is 0 Å². The van der Waals surface area contributed by atoms with Crippen molar-refractivity contribution in [1.29, 1.82) is 0 Å². The molecule has 1 rings (SSSR count). The quantitative estimate of drug-likeness (QED) is 0.169. The van der Waals surface area contributed by atoms with Crippen LogP contribution in [0.25, 0.3) is 0 Å². The van der Waals surface area contributed by atoms with Gasteiger partial charge in [0.15, 0.2) is 0 Å². The largest absolute Gasteiger partial charge is 0.508 e. The number of alkyl carbamates (subject to hydrolysis) is 1. The van der Waals surface area contributed by atoms with Crippen molar-refractivity contribution in [2.45, 2.75) is 75.5 Å². The Morgan fingerprint density at radius 3 is 2.14 bits per heavy atom. The summed E-state index contributed by atoms with van der Waals surface area (Å²) in [6.45, 7) is 9.64. The predicted octanol–water partition coefficient (Wildman–Crippen LogP) is 4.30. The van der Waals surface area contributed by atoms with Crippen LogP contribution in [0.5, 0.6) is 0 Å². The molecule has 1 saturated heterocycles. The minimum Gasteiger partial charge on any atom is -0.461 e. The zero-order valence-corrected chi connectivity index (χ0v) is 24.8. The first-order valence-electron chi connectivity index (χ1n) is 10.7. The Balaban J connectivity index is 3.00. The highest BCUT2D eigenvalue weighted by atomic mass is 127. The van der Waals surface area contributed by atoms with Gasteiger partial charge in [0.2, 0.25) is 9.70 Å². The molecular weight excluding hydrogens is 642 g/mol. The number of rotatable bonds is 8. The second-order valence-electron chi connectivity index (χ2n) is 10.1. The van der Waals surface area contributed by atoms with E-state index in [1.165, 1.54) is 0 Å². The molecule has 2 N–H and O–H groups in total. The SMILES string of the molecule is CC(C)(C)OC(=O)N[C@@H](C(=O)N[C@@H](COC(=O)OCC(Cl)(Cl)Cl)C(C)(C)C)[C@@H]1C[C@H](CI)OC1=O. The van der Waals surface area contributed by atoms with Crippen LogP contribution in [0.1, 0.15) is 48.0 Å². The summed E-state index contributed by atoms with van der Waals surface area (Å²) in [6.07, 6.45) is -2.08. The molecule has 1 aliphatic heterocycles. The summed E-state index contributed by atoms with van der Waals surface area (Å²) in [5.74, 6) is -2.18. The molecule has 0 aromatic heterocycles. The maximum Gasteiger partial charge on any atom is 0.508 e. The highest BCUT2D eigenvalue weighted by molar-refractivity contribution is 14.1. The van der Waals surface area contributed by atoms with Gasteiger partial charge in [-0.1, -0.05) is 78.2 Å². The molecule has 0 aliphatic carbocycles. The monoisotopic (exact) mass is 672 g/mol. The van der Waals surface area contributed by atoms with E-state index >= 15 is 0 Å². The summed E-state index contributed by atoms with van der Waals surface area (Å²) in [5, 5.41) is 5.25. The number of nitrogens with one attached hydrogen (secondary N) is 2. The third kappa shape index (κ3) is 12.2. The van der Waals surface area contributed by atoms with E-state index in [0.29, 0.717) is 4.43 Å². The van der Waals surface area contributed by atoms with E-state index in [0.717, 1.165) is 0 Å². The van der Waals surface area contributed by atoms with Crippen LogP contribution in [-0.4, -0.2) is 69.3 Å². The highest BCUT2D eigenvalue weighted by Crippen LogP contribution is 2.28. The third-order valence-electron chi connectivity index (χ3n) is 4.71. The van der Waals surface area contributed by atoms with Crippen LogP contribution in [0, 0.1) is 11.3 Å². The maximum atomic E-state index is 13.3. The van der Waals surface area contributed by atoms with Crippen LogP contribution < -0.4 is 10.6 Å². The average Bonchev–Trinajstić information content (AvgIpc) is 3.05. The van der Waals surface area contributed by atoms with Crippen molar-refractivity contribution in [2.24, 2.45) is 11.3 Å². The molecule has 0 spiro atoms. The fraction of sp³-hybridized carbons (Fsp3) is 0.810. The Labute approximate surface area is 233 Å². The topological polar surface area (TPSA) is 129 Å². The van der Waals surface area contributed by atoms with Crippen LogP contribution in [0.2, 0.25) is 0 Å². The number of ether oxygens (including phenoxy) is 4. The standard InChI is InChI=1S/C21H32Cl3IN2O8/c1-19(2,3)13(9-32-18(31)33-10-21(22,23)24)26-15(28)14(27-17(30)35-20(4,5)6)12-7-11(8-25)34-16(12)29/h11-14H,7-10H2,1-6H3,(H,26,28)(H,27,30)/t11-,12+,13+,14-/m1/s1. The molecule has 10 nitrogen and oxygen atoms in total. The van der Waals surface area contributed by atoms with Crippen molar-refractivity contribution in [1.82, 2.24) is 10.6 Å². The molecule has 2 amide bonds. The van der Waals surface area contributed by atoms with E-state index < -0.39 is 63.5 Å². The Morgan fingerprint density at radius 2 is 1.69 bits per heavy atom. The summed E-state index contributed by atoms with van der Waals surface area (Å²) in [7, 11) is 0. The second kappa shape index (κ2) is 13.0. The van der Waals surface area contributed by atoms with Crippen LogP contribution in [0.15, 0.2) is 0 Å². The molecule has 0 radical (unpaired) electrons. The Hall–Kier alpha value is -0.920. The van der Waals surface area contributed by atoms with Crippen molar-refractivity contribution in [2.75, 3.05) is 17.6 Å². The van der Waals surface area contributed by atoms with Crippen molar-refractivity contribution >= 4 is 81.5 Å². The number of hydrogen-bond donors (Lipinski definition) is 2. The van der Waals surface area contributed by atoms with E-state index in [4.69, 9.17) is 53.8 Å². The molecule has 202 valence electrons. The molecule has 0 unspecified atom stereocenters. The minimum absolute atomic E-state index is 0.246. The Bertz CT molecular complexity index is 780. The second-order valence-corrected chi connectivity index (χ2v) is 13.5. The Kier molecular flexibility index (Phi) is 12.0. The highest BCUT2D eigenvalue weighted by Gasteiger charge is 2.45. The lowest BCUT2D eigenvalue weighted by Crippen LogP contribution is -2.57. The predicted molar refractivity (Wildman–Crippen MR) is 139 cm³/mol. The first-order valence-corrected chi connectivity index (χ1v) is 13.4. The molecule has 35 heavy (non-hydrogen) atoms. The van der Waals surface area contributed by atoms with Gasteiger partial charge in [-0.3, -0.25) is 9.59 Å². The molecular formula is C21H32Cl3IN2O8. The van der Waals surface area contributed by atoms with E-state index in [-0.39, 0.29) is 19.1 Å². The lowest BCUT2D eigenvalue weighted by molar-refractivity contribution is -0.146. The van der Waals surface area contributed by atoms with E-state index in [2.05, 4.69) is 33.2 Å². The number of halogens is 4.